The minimum atomic E-state index is -1.26. The van der Waals surface area contributed by atoms with Crippen molar-refractivity contribution in [3.8, 4) is 0 Å². The molecule has 0 heterocycles. The van der Waals surface area contributed by atoms with Gasteiger partial charge in [-0.3, -0.25) is 28.8 Å². The van der Waals surface area contributed by atoms with E-state index in [2.05, 4.69) is 30.7 Å². The molecule has 4 N–H and O–H groups in total. The number of hydrogen-bond donors (Lipinski definition) is 4. The number of hydrogen-bond acceptors (Lipinski definition) is 10. The second-order valence-corrected chi connectivity index (χ2v) is 11.1. The van der Waals surface area contributed by atoms with Crippen molar-refractivity contribution in [2.45, 2.75) is 53.6 Å². The summed E-state index contributed by atoms with van der Waals surface area (Å²) in [5, 5.41) is 9.24. The molecule has 0 unspecified atom stereocenters. The molecule has 0 spiro atoms. The number of Topliss-reactive ketones (excluding diaryl/α,β-unsaturated/α-hetero) is 2. The maximum atomic E-state index is 13.1. The lowest BCUT2D eigenvalue weighted by molar-refractivity contribution is -0.146. The van der Waals surface area contributed by atoms with Gasteiger partial charge < -0.3 is 30.7 Å². The molecule has 0 radical (unpaired) electrons. The number of esters is 2. The molecule has 246 valence electrons. The fourth-order valence-corrected chi connectivity index (χ4v) is 4.18. The second-order valence-electron chi connectivity index (χ2n) is 11.1. The van der Waals surface area contributed by atoms with E-state index in [9.17, 15) is 38.4 Å². The maximum absolute atomic E-state index is 13.1. The molecule has 0 fully saturated rings. The normalized spacial score (nSPS) is 12.0. The Morgan fingerprint density at radius 1 is 0.543 bits per heavy atom. The van der Waals surface area contributed by atoms with Crippen LogP contribution in [0.1, 0.15) is 59.5 Å². The molecule has 0 aliphatic heterocycles. The van der Waals surface area contributed by atoms with Crippen LogP contribution in [0, 0.1) is 25.7 Å². The summed E-state index contributed by atoms with van der Waals surface area (Å²) in [6.07, 6.45) is 0. The third-order valence-electron chi connectivity index (χ3n) is 6.77. The summed E-state index contributed by atoms with van der Waals surface area (Å²) in [6, 6.07) is 6.12. The van der Waals surface area contributed by atoms with Crippen LogP contribution in [0.4, 0.5) is 11.4 Å². The maximum Gasteiger partial charge on any atom is 0.328 e. The van der Waals surface area contributed by atoms with Gasteiger partial charge in [0.05, 0.1) is 36.7 Å². The molecule has 2 rings (SSSR count). The number of nitrogens with one attached hydrogen (secondary N) is 4. The first-order valence-corrected chi connectivity index (χ1v) is 14.2. The molecule has 0 saturated heterocycles. The molecule has 4 amide bonds. The van der Waals surface area contributed by atoms with E-state index in [0.29, 0.717) is 11.1 Å². The summed E-state index contributed by atoms with van der Waals surface area (Å²) in [5.41, 5.74) is 0.262. The van der Waals surface area contributed by atoms with Crippen LogP contribution in [-0.2, 0) is 38.2 Å². The predicted octanol–water partition coefficient (Wildman–Crippen LogP) is 1.87. The van der Waals surface area contributed by atoms with Gasteiger partial charge in [0, 0.05) is 0 Å². The van der Waals surface area contributed by atoms with Crippen LogP contribution >= 0.6 is 0 Å². The molecule has 2 aromatic carbocycles. The summed E-state index contributed by atoms with van der Waals surface area (Å²) in [6.45, 7) is 9.86. The number of ether oxygens (including phenoxy) is 2. The van der Waals surface area contributed by atoms with Crippen molar-refractivity contribution in [3.63, 3.8) is 0 Å². The van der Waals surface area contributed by atoms with Crippen LogP contribution in [0.25, 0.3) is 0 Å². The Hall–Kier alpha value is -5.40. The summed E-state index contributed by atoms with van der Waals surface area (Å²) in [4.78, 5) is 102. The molecular formula is C32H38N4O10. The van der Waals surface area contributed by atoms with E-state index in [1.807, 2.05) is 0 Å². The average Bonchev–Trinajstić information content (AvgIpc) is 3.01. The third kappa shape index (κ3) is 9.30. The Balaban J connectivity index is 2.30. The first-order valence-electron chi connectivity index (χ1n) is 14.2. The van der Waals surface area contributed by atoms with E-state index in [0.717, 1.165) is 14.2 Å². The van der Waals surface area contributed by atoms with Crippen LogP contribution < -0.4 is 21.3 Å². The molecule has 0 saturated carbocycles. The zero-order valence-electron chi connectivity index (χ0n) is 26.9. The fraction of sp³-hybridized carbons (Fsp3) is 0.375. The molecule has 0 aliphatic rings. The van der Waals surface area contributed by atoms with Crippen molar-refractivity contribution < 1.29 is 47.8 Å². The van der Waals surface area contributed by atoms with E-state index >= 15 is 0 Å². The van der Waals surface area contributed by atoms with Gasteiger partial charge in [-0.1, -0.05) is 51.0 Å². The first kappa shape index (κ1) is 36.8. The van der Waals surface area contributed by atoms with Gasteiger partial charge in [-0.05, 0) is 49.9 Å². The molecule has 0 aromatic heterocycles. The van der Waals surface area contributed by atoms with Crippen LogP contribution in [-0.4, -0.2) is 73.4 Å². The van der Waals surface area contributed by atoms with Gasteiger partial charge in [-0.25, -0.2) is 9.59 Å². The number of ketones is 2. The Morgan fingerprint density at radius 2 is 0.870 bits per heavy atom. The summed E-state index contributed by atoms with van der Waals surface area (Å²) < 4.78 is 9.37. The van der Waals surface area contributed by atoms with E-state index < -0.39 is 71.1 Å². The number of carbonyl (C=O) groups excluding carboxylic acids is 8. The second kappa shape index (κ2) is 16.1. The average molecular weight is 639 g/mol. The molecule has 14 nitrogen and oxygen atoms in total. The highest BCUT2D eigenvalue weighted by Crippen LogP contribution is 2.21. The standard InChI is InChI=1S/C32H38N4O10/c1-15(2)23(31(43)45-7)35-27(39)25(37)19-13-17(5)9-11-21(19)33-29(41)30(42)34-22-12-10-18(6)14-20(22)26(38)28(40)36-24(16(3)4)32(44)46-8/h9-16,23-24H,1-8H3,(H,33,41)(H,34,42)(H,35,39)(H,36,40)/t23-,24-/m0/s1. The minimum absolute atomic E-state index is 0.174. The number of methoxy groups -OCH3 is 2. The minimum Gasteiger partial charge on any atom is -0.467 e. The quantitative estimate of drug-likeness (QED) is 0.151. The zero-order chi connectivity index (χ0) is 34.9. The topological polar surface area (TPSA) is 203 Å². The third-order valence-corrected chi connectivity index (χ3v) is 6.77. The number of rotatable bonds is 12. The monoisotopic (exact) mass is 638 g/mol. The van der Waals surface area contributed by atoms with E-state index in [1.165, 1.54) is 36.4 Å². The Kier molecular flexibility index (Phi) is 12.8. The van der Waals surface area contributed by atoms with Gasteiger partial charge >= 0.3 is 23.8 Å². The van der Waals surface area contributed by atoms with E-state index in [1.54, 1.807) is 41.5 Å². The van der Waals surface area contributed by atoms with Gasteiger partial charge in [0.25, 0.3) is 23.4 Å². The molecule has 0 bridgehead atoms. The number of anilines is 2. The molecule has 2 atom stereocenters. The van der Waals surface area contributed by atoms with Gasteiger partial charge in [0.2, 0.25) is 0 Å². The summed E-state index contributed by atoms with van der Waals surface area (Å²) in [7, 11) is 2.28. The van der Waals surface area contributed by atoms with Crippen molar-refractivity contribution in [1.29, 1.82) is 0 Å². The lowest BCUT2D eigenvalue weighted by Crippen LogP contribution is -2.47. The largest absolute Gasteiger partial charge is 0.467 e. The highest BCUT2D eigenvalue weighted by molar-refractivity contribution is 6.48. The molecule has 2 aromatic rings. The van der Waals surface area contributed by atoms with Gasteiger partial charge in [-0.2, -0.15) is 0 Å². The van der Waals surface area contributed by atoms with E-state index in [4.69, 9.17) is 0 Å². The number of aryl methyl sites for hydroxylation is 2. The Morgan fingerprint density at radius 3 is 1.15 bits per heavy atom. The van der Waals surface area contributed by atoms with Crippen LogP contribution in [0.3, 0.4) is 0 Å². The van der Waals surface area contributed by atoms with Crippen LogP contribution in [0.2, 0.25) is 0 Å². The first-order chi connectivity index (χ1) is 21.5. The van der Waals surface area contributed by atoms with Gasteiger partial charge in [0.1, 0.15) is 12.1 Å². The lowest BCUT2D eigenvalue weighted by Gasteiger charge is -2.20. The lowest BCUT2D eigenvalue weighted by atomic mass is 10.0. The zero-order valence-corrected chi connectivity index (χ0v) is 26.9. The van der Waals surface area contributed by atoms with Crippen molar-refractivity contribution in [1.82, 2.24) is 10.6 Å². The molecular weight excluding hydrogens is 600 g/mol. The SMILES string of the molecule is COC(=O)[C@@H](NC(=O)C(=O)c1cc(C)ccc1NC(=O)C(=O)Nc1ccc(C)cc1C(=O)C(=O)N[C@H](C(=O)OC)C(C)C)C(C)C. The summed E-state index contributed by atoms with van der Waals surface area (Å²) >= 11 is 0. The number of benzene rings is 2. The highest BCUT2D eigenvalue weighted by Gasteiger charge is 2.31. The van der Waals surface area contributed by atoms with Crippen LogP contribution in [0.15, 0.2) is 36.4 Å². The van der Waals surface area contributed by atoms with E-state index in [-0.39, 0.29) is 22.5 Å². The number of amides is 4. The van der Waals surface area contributed by atoms with Gasteiger partial charge in [0.15, 0.2) is 0 Å². The Labute approximate surface area is 266 Å². The smallest absolute Gasteiger partial charge is 0.328 e. The van der Waals surface area contributed by atoms with Crippen molar-refractivity contribution in [3.05, 3.63) is 58.7 Å². The van der Waals surface area contributed by atoms with Gasteiger partial charge in [-0.15, -0.1) is 0 Å². The predicted molar refractivity (Wildman–Crippen MR) is 166 cm³/mol. The fourth-order valence-electron chi connectivity index (χ4n) is 4.18. The molecule has 14 heteroatoms. The highest BCUT2D eigenvalue weighted by atomic mass is 16.5. The van der Waals surface area contributed by atoms with Crippen molar-refractivity contribution >= 4 is 58.5 Å². The van der Waals surface area contributed by atoms with Crippen molar-refractivity contribution in [2.24, 2.45) is 11.8 Å². The Bertz CT molecular complexity index is 1450. The molecule has 46 heavy (non-hydrogen) atoms. The number of carbonyl (C=O) groups is 8. The van der Waals surface area contributed by atoms with Crippen molar-refractivity contribution in [2.75, 3.05) is 24.9 Å². The van der Waals surface area contributed by atoms with Crippen LogP contribution in [0.5, 0.6) is 0 Å². The summed E-state index contributed by atoms with van der Waals surface area (Å²) in [5.74, 6) is -9.27. The molecule has 0 aliphatic carbocycles.